The highest BCUT2D eigenvalue weighted by Gasteiger charge is 2.44. The molecule has 1 N–H and O–H groups in total. The van der Waals surface area contributed by atoms with E-state index in [2.05, 4.69) is 22.1 Å². The molecule has 0 bridgehead atoms. The van der Waals surface area contributed by atoms with Crippen LogP contribution in [-0.2, 0) is 0 Å². The molecule has 1 aromatic carbocycles. The molecule has 0 saturated carbocycles. The van der Waals surface area contributed by atoms with Crippen LogP contribution in [0, 0.1) is 6.92 Å². The summed E-state index contributed by atoms with van der Waals surface area (Å²) in [5.41, 5.74) is 0.742. The highest BCUT2D eigenvalue weighted by Crippen LogP contribution is 2.41. The summed E-state index contributed by atoms with van der Waals surface area (Å²) < 4.78 is 33.0. The summed E-state index contributed by atoms with van der Waals surface area (Å²) in [5, 5.41) is 8.77. The zero-order valence-corrected chi connectivity index (χ0v) is 22.2. The molecule has 1 spiro atoms. The Hall–Kier alpha value is -3.18. The van der Waals surface area contributed by atoms with Crippen molar-refractivity contribution < 1.29 is 23.1 Å². The molecule has 2 aliphatic rings. The van der Waals surface area contributed by atoms with Crippen LogP contribution in [-0.4, -0.2) is 80.3 Å². The van der Waals surface area contributed by atoms with E-state index in [1.54, 1.807) is 23.9 Å². The fourth-order valence-electron chi connectivity index (χ4n) is 5.06. The maximum absolute atomic E-state index is 13.3. The van der Waals surface area contributed by atoms with Gasteiger partial charge in [0.1, 0.15) is 23.2 Å². The normalized spacial score (nSPS) is 18.0. The number of ether oxygens (including phenoxy) is 1. The van der Waals surface area contributed by atoms with Crippen LogP contribution in [0.4, 0.5) is 8.78 Å². The number of piperidine rings is 1. The molecule has 3 heterocycles. The molecule has 8 nitrogen and oxygen atoms in total. The van der Waals surface area contributed by atoms with Gasteiger partial charge in [0.05, 0.1) is 16.9 Å². The third-order valence-electron chi connectivity index (χ3n) is 7.11. The van der Waals surface area contributed by atoms with Crippen LogP contribution < -0.4 is 10.1 Å². The van der Waals surface area contributed by atoms with Gasteiger partial charge in [-0.25, -0.2) is 8.78 Å². The number of carbonyl (C=O) groups is 2. The van der Waals surface area contributed by atoms with Crippen LogP contribution in [0.5, 0.6) is 5.75 Å². The number of nitrogens with one attached hydrogen (secondary N) is 1. The number of hydrazone groups is 1. The van der Waals surface area contributed by atoms with Gasteiger partial charge >= 0.3 is 0 Å². The van der Waals surface area contributed by atoms with Crippen LogP contribution >= 0.6 is 11.3 Å². The van der Waals surface area contributed by atoms with Crippen molar-refractivity contribution in [1.29, 1.82) is 0 Å². The number of carbonyl (C=O) groups excluding carboxylic acids is 2. The van der Waals surface area contributed by atoms with E-state index in [0.29, 0.717) is 52.6 Å². The predicted molar refractivity (Wildman–Crippen MR) is 141 cm³/mol. The number of ketones is 1. The lowest BCUT2D eigenvalue weighted by Gasteiger charge is -2.44. The second kappa shape index (κ2) is 10.7. The van der Waals surface area contributed by atoms with Crippen molar-refractivity contribution in [2.24, 2.45) is 10.1 Å². The Morgan fingerprint density at radius 3 is 2.59 bits per heavy atom. The van der Waals surface area contributed by atoms with Crippen molar-refractivity contribution in [3.8, 4) is 5.75 Å². The van der Waals surface area contributed by atoms with Crippen molar-refractivity contribution in [2.75, 3.05) is 34.2 Å². The maximum atomic E-state index is 13.3. The number of hydrogen-bond acceptors (Lipinski definition) is 8. The Morgan fingerprint density at radius 1 is 1.30 bits per heavy atom. The summed E-state index contributed by atoms with van der Waals surface area (Å²) in [7, 11) is 4.93. The first-order valence-corrected chi connectivity index (χ1v) is 12.8. The van der Waals surface area contributed by atoms with Gasteiger partial charge in [0, 0.05) is 57.2 Å². The van der Waals surface area contributed by atoms with Gasteiger partial charge in [-0.05, 0) is 37.7 Å². The number of fused-ring (bicyclic) bond motifs is 1. The molecule has 4 rings (SSSR count). The third kappa shape index (κ3) is 5.15. The van der Waals surface area contributed by atoms with E-state index < -0.39 is 12.0 Å². The van der Waals surface area contributed by atoms with Gasteiger partial charge in [-0.1, -0.05) is 6.07 Å². The monoisotopic (exact) mass is 531 g/mol. The minimum atomic E-state index is -2.71. The summed E-state index contributed by atoms with van der Waals surface area (Å²) in [6.45, 7) is 6.09. The van der Waals surface area contributed by atoms with Crippen LogP contribution in [0.3, 0.4) is 0 Å². The summed E-state index contributed by atoms with van der Waals surface area (Å²) >= 11 is 1.19. The summed E-state index contributed by atoms with van der Waals surface area (Å²) in [6, 6.07) is 7.05. The number of hydrogen-bond donors (Lipinski definition) is 1. The van der Waals surface area contributed by atoms with E-state index in [0.717, 1.165) is 5.56 Å². The van der Waals surface area contributed by atoms with Crippen molar-refractivity contribution >= 4 is 35.5 Å². The number of alkyl halides is 2. The molecule has 1 unspecified atom stereocenters. The highest BCUT2D eigenvalue weighted by atomic mass is 32.1. The van der Waals surface area contributed by atoms with Gasteiger partial charge in [-0.15, -0.1) is 11.3 Å². The molecule has 1 aromatic heterocycles. The van der Waals surface area contributed by atoms with Gasteiger partial charge < -0.3 is 9.64 Å². The molecule has 1 atom stereocenters. The minimum absolute atomic E-state index is 0.00356. The minimum Gasteiger partial charge on any atom is -0.486 e. The molecule has 1 fully saturated rings. The molecule has 0 aliphatic carbocycles. The van der Waals surface area contributed by atoms with Crippen molar-refractivity contribution in [3.63, 3.8) is 0 Å². The summed E-state index contributed by atoms with van der Waals surface area (Å²) in [5.74, 6) is 0.341. The van der Waals surface area contributed by atoms with Crippen LogP contribution in [0.2, 0.25) is 0 Å². The highest BCUT2D eigenvalue weighted by molar-refractivity contribution is 7.14. The summed E-state index contributed by atoms with van der Waals surface area (Å²) in [6.07, 6.45) is -1.70. The largest absolute Gasteiger partial charge is 0.486 e. The number of benzene rings is 1. The lowest BCUT2D eigenvalue weighted by molar-refractivity contribution is -0.00565. The Labute approximate surface area is 219 Å². The second-order valence-corrected chi connectivity index (χ2v) is 10.6. The van der Waals surface area contributed by atoms with Crippen molar-refractivity contribution in [3.05, 3.63) is 50.7 Å². The van der Waals surface area contributed by atoms with Crippen LogP contribution in [0.25, 0.3) is 0 Å². The molecule has 198 valence electrons. The predicted octanol–water partition coefficient (Wildman–Crippen LogP) is 4.15. The smallest absolute Gasteiger partial charge is 0.280 e. The van der Waals surface area contributed by atoms with Gasteiger partial charge in [0.2, 0.25) is 0 Å². The first-order chi connectivity index (χ1) is 17.6. The van der Waals surface area contributed by atoms with E-state index in [-0.39, 0.29) is 30.0 Å². The number of nitrogens with zero attached hydrogens (tertiary/aromatic N) is 4. The van der Waals surface area contributed by atoms with E-state index in [1.165, 1.54) is 24.5 Å². The van der Waals surface area contributed by atoms with E-state index in [4.69, 9.17) is 4.74 Å². The van der Waals surface area contributed by atoms with Gasteiger partial charge in [-0.2, -0.15) is 5.10 Å². The quantitative estimate of drug-likeness (QED) is 0.330. The SMILES string of the molecule is C=NN(C)C(NC)c1ccc2c(c1)C(=O)CC1(CCN(C(=O)c3cc(C(=NC)C(F)F)c(C)s3)CC1)O2. The second-order valence-electron chi connectivity index (χ2n) is 9.33. The van der Waals surface area contributed by atoms with Crippen molar-refractivity contribution in [2.45, 2.75) is 44.4 Å². The molecule has 37 heavy (non-hydrogen) atoms. The number of thiophene rings is 1. The summed E-state index contributed by atoms with van der Waals surface area (Å²) in [4.78, 5) is 32.8. The number of amides is 1. The molecule has 1 amide bonds. The maximum Gasteiger partial charge on any atom is 0.280 e. The van der Waals surface area contributed by atoms with Gasteiger partial charge in [0.25, 0.3) is 12.3 Å². The van der Waals surface area contributed by atoms with Crippen LogP contribution in [0.1, 0.15) is 61.5 Å². The van der Waals surface area contributed by atoms with Gasteiger partial charge in [0.15, 0.2) is 5.78 Å². The zero-order chi connectivity index (χ0) is 26.9. The molecule has 1 saturated heterocycles. The first-order valence-electron chi connectivity index (χ1n) is 12.0. The number of Topliss-reactive ketones (excluding diaryl/α,β-unsaturated/α-hetero) is 1. The third-order valence-corrected chi connectivity index (χ3v) is 8.15. The van der Waals surface area contributed by atoms with Crippen molar-refractivity contribution in [1.82, 2.24) is 15.2 Å². The molecule has 2 aromatic rings. The topological polar surface area (TPSA) is 86.6 Å². The Kier molecular flexibility index (Phi) is 7.75. The standard InChI is InChI=1S/C26H31F2N5O3S/c1-15-17(22(29-2)23(27)28)13-21(37-15)25(35)33-10-8-26(9-11-33)14-19(34)18-12-16(6-7-20(18)36-26)24(30-3)32(5)31-4/h6-7,12-13,23-24,30H,4,8-11,14H2,1-3,5H3. The fraction of sp³-hybridized carbons (Fsp3) is 0.462. The Morgan fingerprint density at radius 2 is 2.00 bits per heavy atom. The fourth-order valence-corrected chi connectivity index (χ4v) is 6.06. The number of likely N-dealkylation sites (tertiary alicyclic amines) is 1. The molecular formula is C26H31F2N5O3S. The van der Waals surface area contributed by atoms with E-state index in [9.17, 15) is 18.4 Å². The van der Waals surface area contributed by atoms with E-state index in [1.807, 2.05) is 25.2 Å². The number of rotatable bonds is 7. The molecule has 0 radical (unpaired) electrons. The first kappa shape index (κ1) is 26.9. The van der Waals surface area contributed by atoms with E-state index >= 15 is 0 Å². The lowest BCUT2D eigenvalue weighted by Crippen LogP contribution is -2.52. The van der Waals surface area contributed by atoms with Gasteiger partial charge in [-0.3, -0.25) is 24.9 Å². The molecule has 11 heteroatoms. The average Bonchev–Trinajstić information content (AvgIpc) is 3.26. The zero-order valence-electron chi connectivity index (χ0n) is 21.4. The number of halogens is 2. The molecular weight excluding hydrogens is 500 g/mol. The Balaban J connectivity index is 1.47. The number of aliphatic imine (C=N–C) groups is 1. The Bertz CT molecular complexity index is 1240. The van der Waals surface area contributed by atoms with Crippen LogP contribution in [0.15, 0.2) is 34.4 Å². The lowest BCUT2D eigenvalue weighted by atomic mass is 9.82. The molecule has 2 aliphatic heterocycles. The average molecular weight is 532 g/mol. The number of aryl methyl sites for hydroxylation is 1.